The van der Waals surface area contributed by atoms with Gasteiger partial charge in [0.2, 0.25) is 5.88 Å². The molecule has 0 bridgehead atoms. The van der Waals surface area contributed by atoms with Crippen LogP contribution in [0.2, 0.25) is 0 Å². The van der Waals surface area contributed by atoms with Gasteiger partial charge in [-0.05, 0) is 24.3 Å². The van der Waals surface area contributed by atoms with Crippen LogP contribution in [-0.4, -0.2) is 24.2 Å². The SMILES string of the molecule is COc1cc2ccc(Oc3ccc(N)nc3)nc2cc1OC. The highest BCUT2D eigenvalue weighted by atomic mass is 16.5. The molecule has 6 heteroatoms. The van der Waals surface area contributed by atoms with E-state index in [0.717, 1.165) is 10.9 Å². The third kappa shape index (κ3) is 2.71. The van der Waals surface area contributed by atoms with Gasteiger partial charge in [0, 0.05) is 17.5 Å². The summed E-state index contributed by atoms with van der Waals surface area (Å²) in [6.45, 7) is 0. The highest BCUT2D eigenvalue weighted by Gasteiger charge is 2.08. The quantitative estimate of drug-likeness (QED) is 0.797. The molecule has 2 aromatic heterocycles. The number of nitrogen functional groups attached to an aromatic ring is 1. The van der Waals surface area contributed by atoms with E-state index in [2.05, 4.69) is 9.97 Å². The Hall–Kier alpha value is -3.02. The number of fused-ring (bicyclic) bond motifs is 1. The Bertz CT molecular complexity index is 804. The molecule has 6 nitrogen and oxygen atoms in total. The largest absolute Gasteiger partial charge is 0.493 e. The summed E-state index contributed by atoms with van der Waals surface area (Å²) in [6, 6.07) is 10.8. The van der Waals surface area contributed by atoms with Crippen LogP contribution in [0.1, 0.15) is 0 Å². The van der Waals surface area contributed by atoms with Crippen LogP contribution in [0.25, 0.3) is 10.9 Å². The fraction of sp³-hybridized carbons (Fsp3) is 0.125. The van der Waals surface area contributed by atoms with Gasteiger partial charge in [-0.15, -0.1) is 0 Å². The minimum atomic E-state index is 0.440. The van der Waals surface area contributed by atoms with Gasteiger partial charge in [-0.1, -0.05) is 0 Å². The van der Waals surface area contributed by atoms with Crippen LogP contribution in [0.3, 0.4) is 0 Å². The van der Waals surface area contributed by atoms with Crippen molar-refractivity contribution in [2.45, 2.75) is 0 Å². The van der Waals surface area contributed by atoms with Gasteiger partial charge < -0.3 is 19.9 Å². The van der Waals surface area contributed by atoms with Crippen molar-refractivity contribution in [3.05, 3.63) is 42.6 Å². The summed E-state index contributed by atoms with van der Waals surface area (Å²) >= 11 is 0. The van der Waals surface area contributed by atoms with E-state index in [4.69, 9.17) is 19.9 Å². The van der Waals surface area contributed by atoms with E-state index >= 15 is 0 Å². The molecule has 0 aliphatic heterocycles. The summed E-state index contributed by atoms with van der Waals surface area (Å²) in [7, 11) is 3.19. The van der Waals surface area contributed by atoms with Crippen LogP contribution < -0.4 is 19.9 Å². The number of ether oxygens (including phenoxy) is 3. The summed E-state index contributed by atoms with van der Waals surface area (Å²) in [5.41, 5.74) is 6.29. The van der Waals surface area contributed by atoms with Crippen LogP contribution in [0.4, 0.5) is 5.82 Å². The van der Waals surface area contributed by atoms with Gasteiger partial charge in [0.25, 0.3) is 0 Å². The average Bonchev–Trinajstić information content (AvgIpc) is 2.55. The number of benzene rings is 1. The Morgan fingerprint density at radius 3 is 2.41 bits per heavy atom. The van der Waals surface area contributed by atoms with Crippen molar-refractivity contribution in [1.82, 2.24) is 9.97 Å². The van der Waals surface area contributed by atoms with Gasteiger partial charge in [-0.2, -0.15) is 0 Å². The molecule has 0 aliphatic carbocycles. The van der Waals surface area contributed by atoms with Crippen LogP contribution in [0, 0.1) is 0 Å². The predicted octanol–water partition coefficient (Wildman–Crippen LogP) is 3.02. The van der Waals surface area contributed by atoms with E-state index in [-0.39, 0.29) is 0 Å². The van der Waals surface area contributed by atoms with E-state index in [9.17, 15) is 0 Å². The highest BCUT2D eigenvalue weighted by Crippen LogP contribution is 2.32. The summed E-state index contributed by atoms with van der Waals surface area (Å²) in [6.07, 6.45) is 1.55. The Morgan fingerprint density at radius 1 is 0.955 bits per heavy atom. The number of hydrogen-bond donors (Lipinski definition) is 1. The molecule has 2 heterocycles. The zero-order valence-electron chi connectivity index (χ0n) is 12.2. The zero-order chi connectivity index (χ0) is 15.5. The molecule has 3 rings (SSSR count). The number of nitrogens with two attached hydrogens (primary N) is 1. The van der Waals surface area contributed by atoms with Gasteiger partial charge in [0.15, 0.2) is 11.5 Å². The monoisotopic (exact) mass is 297 g/mol. The molecule has 0 atom stereocenters. The van der Waals surface area contributed by atoms with Crippen molar-refractivity contribution in [3.8, 4) is 23.1 Å². The maximum Gasteiger partial charge on any atom is 0.219 e. The number of hydrogen-bond acceptors (Lipinski definition) is 6. The van der Waals surface area contributed by atoms with E-state index < -0.39 is 0 Å². The number of nitrogens with zero attached hydrogens (tertiary/aromatic N) is 2. The second-order valence-electron chi connectivity index (χ2n) is 4.57. The van der Waals surface area contributed by atoms with E-state index in [1.54, 1.807) is 38.6 Å². The summed E-state index contributed by atoms with van der Waals surface area (Å²) < 4.78 is 16.2. The first-order chi connectivity index (χ1) is 10.7. The first-order valence-electron chi connectivity index (χ1n) is 6.62. The smallest absolute Gasteiger partial charge is 0.219 e. The lowest BCUT2D eigenvalue weighted by Crippen LogP contribution is -1.94. The third-order valence-corrected chi connectivity index (χ3v) is 3.15. The number of aromatic nitrogens is 2. The molecule has 0 amide bonds. The van der Waals surface area contributed by atoms with E-state index in [0.29, 0.717) is 28.9 Å². The van der Waals surface area contributed by atoms with Crippen LogP contribution in [-0.2, 0) is 0 Å². The second kappa shape index (κ2) is 5.77. The van der Waals surface area contributed by atoms with Gasteiger partial charge in [0.05, 0.1) is 25.9 Å². The molecule has 0 saturated carbocycles. The molecule has 0 saturated heterocycles. The molecule has 0 radical (unpaired) electrons. The Labute approximate surface area is 127 Å². The second-order valence-corrected chi connectivity index (χ2v) is 4.57. The average molecular weight is 297 g/mol. The lowest BCUT2D eigenvalue weighted by atomic mass is 10.2. The van der Waals surface area contributed by atoms with Crippen molar-refractivity contribution < 1.29 is 14.2 Å². The van der Waals surface area contributed by atoms with E-state index in [1.165, 1.54) is 0 Å². The van der Waals surface area contributed by atoms with Gasteiger partial charge >= 0.3 is 0 Å². The molecule has 0 fully saturated rings. The standard InChI is InChI=1S/C16H15N3O3/c1-20-13-7-10-3-6-16(19-12(10)8-14(13)21-2)22-11-4-5-15(17)18-9-11/h3-9H,1-2H3,(H2,17,18). The third-order valence-electron chi connectivity index (χ3n) is 3.15. The molecule has 0 aliphatic rings. The van der Waals surface area contributed by atoms with Crippen molar-refractivity contribution in [1.29, 1.82) is 0 Å². The van der Waals surface area contributed by atoms with E-state index in [1.807, 2.05) is 18.2 Å². The van der Waals surface area contributed by atoms with Crippen LogP contribution in [0.5, 0.6) is 23.1 Å². The molecule has 3 aromatic rings. The van der Waals surface area contributed by atoms with Gasteiger partial charge in [-0.3, -0.25) is 0 Å². The normalized spacial score (nSPS) is 10.5. The zero-order valence-corrected chi connectivity index (χ0v) is 12.2. The van der Waals surface area contributed by atoms with Crippen molar-refractivity contribution in [2.75, 3.05) is 20.0 Å². The molecule has 0 unspecified atom stereocenters. The maximum atomic E-state index is 5.67. The van der Waals surface area contributed by atoms with Crippen LogP contribution in [0.15, 0.2) is 42.6 Å². The number of anilines is 1. The molecule has 0 spiro atoms. The Balaban J connectivity index is 1.96. The fourth-order valence-corrected chi connectivity index (χ4v) is 2.06. The molecule has 112 valence electrons. The molecular formula is C16H15N3O3. The number of rotatable bonds is 4. The predicted molar refractivity (Wildman–Crippen MR) is 83.6 cm³/mol. The molecular weight excluding hydrogens is 282 g/mol. The summed E-state index contributed by atoms with van der Waals surface area (Å²) in [4.78, 5) is 8.44. The number of pyridine rings is 2. The van der Waals surface area contributed by atoms with Crippen molar-refractivity contribution >= 4 is 16.7 Å². The minimum Gasteiger partial charge on any atom is -0.493 e. The lowest BCUT2D eigenvalue weighted by Gasteiger charge is -2.10. The molecule has 22 heavy (non-hydrogen) atoms. The Kier molecular flexibility index (Phi) is 3.65. The maximum absolute atomic E-state index is 5.67. The molecule has 2 N–H and O–H groups in total. The van der Waals surface area contributed by atoms with Crippen molar-refractivity contribution in [3.63, 3.8) is 0 Å². The summed E-state index contributed by atoms with van der Waals surface area (Å²) in [5.74, 6) is 2.76. The topological polar surface area (TPSA) is 79.5 Å². The lowest BCUT2D eigenvalue weighted by molar-refractivity contribution is 0.355. The highest BCUT2D eigenvalue weighted by molar-refractivity contribution is 5.83. The van der Waals surface area contributed by atoms with Gasteiger partial charge in [0.1, 0.15) is 11.6 Å². The Morgan fingerprint density at radius 2 is 1.73 bits per heavy atom. The first kappa shape index (κ1) is 13.9. The summed E-state index contributed by atoms with van der Waals surface area (Å²) in [5, 5.41) is 0.931. The van der Waals surface area contributed by atoms with Crippen molar-refractivity contribution in [2.24, 2.45) is 0 Å². The van der Waals surface area contributed by atoms with Crippen LogP contribution >= 0.6 is 0 Å². The molecule has 1 aromatic carbocycles. The first-order valence-corrected chi connectivity index (χ1v) is 6.62. The fourth-order valence-electron chi connectivity index (χ4n) is 2.06. The number of methoxy groups -OCH3 is 2. The van der Waals surface area contributed by atoms with Gasteiger partial charge in [-0.25, -0.2) is 9.97 Å². The minimum absolute atomic E-state index is 0.440.